The normalized spacial score (nSPS) is 11.0. The number of hydrogen-bond acceptors (Lipinski definition) is 5. The summed E-state index contributed by atoms with van der Waals surface area (Å²) in [6.07, 6.45) is 0. The number of ether oxygens (including phenoxy) is 3. The van der Waals surface area contributed by atoms with E-state index in [1.807, 2.05) is 20.8 Å². The van der Waals surface area contributed by atoms with Crippen LogP contribution < -0.4 is 10.1 Å². The fourth-order valence-electron chi connectivity index (χ4n) is 1.54. The Morgan fingerprint density at radius 1 is 1.23 bits per heavy atom. The Morgan fingerprint density at radius 2 is 1.91 bits per heavy atom. The second-order valence-corrected chi connectivity index (χ2v) is 5.69. The van der Waals surface area contributed by atoms with Crippen molar-refractivity contribution in [3.8, 4) is 5.75 Å². The molecule has 0 radical (unpaired) electrons. The first-order chi connectivity index (χ1) is 10.3. The Morgan fingerprint density at radius 3 is 2.45 bits per heavy atom. The average Bonchev–Trinajstić information content (AvgIpc) is 2.45. The third-order valence-electron chi connectivity index (χ3n) is 2.75. The smallest absolute Gasteiger partial charge is 0.341 e. The van der Waals surface area contributed by atoms with Crippen LogP contribution in [0.3, 0.4) is 0 Å². The van der Waals surface area contributed by atoms with E-state index in [4.69, 9.17) is 14.2 Å². The van der Waals surface area contributed by atoms with Gasteiger partial charge in [-0.25, -0.2) is 4.79 Å². The zero-order valence-corrected chi connectivity index (χ0v) is 13.7. The SMILES string of the molecule is CCOC(=O)c1cc(NC(=O)C(C)(C)C)ccc1OCOC. The predicted octanol–water partition coefficient (Wildman–Crippen LogP) is 2.83. The second kappa shape index (κ2) is 7.79. The van der Waals surface area contributed by atoms with E-state index in [-0.39, 0.29) is 24.9 Å². The molecule has 0 saturated carbocycles. The highest BCUT2D eigenvalue weighted by Crippen LogP contribution is 2.25. The highest BCUT2D eigenvalue weighted by atomic mass is 16.7. The highest BCUT2D eigenvalue weighted by Gasteiger charge is 2.22. The van der Waals surface area contributed by atoms with Gasteiger partial charge in [0.15, 0.2) is 6.79 Å². The minimum absolute atomic E-state index is 0.0140. The van der Waals surface area contributed by atoms with Crippen molar-refractivity contribution < 1.29 is 23.8 Å². The number of benzene rings is 1. The van der Waals surface area contributed by atoms with Gasteiger partial charge in [0.25, 0.3) is 0 Å². The van der Waals surface area contributed by atoms with Gasteiger partial charge in [-0.1, -0.05) is 20.8 Å². The Balaban J connectivity index is 3.05. The molecular formula is C16H23NO5. The van der Waals surface area contributed by atoms with Crippen LogP contribution in [0.15, 0.2) is 18.2 Å². The van der Waals surface area contributed by atoms with Crippen LogP contribution in [0.2, 0.25) is 0 Å². The molecule has 1 aromatic rings. The molecule has 0 atom stereocenters. The fraction of sp³-hybridized carbons (Fsp3) is 0.500. The van der Waals surface area contributed by atoms with Crippen molar-refractivity contribution in [2.75, 3.05) is 25.8 Å². The van der Waals surface area contributed by atoms with Gasteiger partial charge in [-0.3, -0.25) is 4.79 Å². The van der Waals surface area contributed by atoms with E-state index in [0.29, 0.717) is 11.4 Å². The minimum Gasteiger partial charge on any atom is -0.467 e. The van der Waals surface area contributed by atoms with Crippen molar-refractivity contribution in [3.63, 3.8) is 0 Å². The molecule has 0 aromatic heterocycles. The van der Waals surface area contributed by atoms with Crippen LogP contribution in [-0.2, 0) is 14.3 Å². The van der Waals surface area contributed by atoms with E-state index in [1.54, 1.807) is 19.1 Å². The monoisotopic (exact) mass is 309 g/mol. The number of carbonyl (C=O) groups is 2. The van der Waals surface area contributed by atoms with Gasteiger partial charge in [-0.2, -0.15) is 0 Å². The van der Waals surface area contributed by atoms with Crippen LogP contribution in [0.1, 0.15) is 38.1 Å². The summed E-state index contributed by atoms with van der Waals surface area (Å²) in [5, 5.41) is 2.77. The predicted molar refractivity (Wildman–Crippen MR) is 83.0 cm³/mol. The molecule has 0 bridgehead atoms. The van der Waals surface area contributed by atoms with E-state index < -0.39 is 11.4 Å². The van der Waals surface area contributed by atoms with E-state index in [2.05, 4.69) is 5.32 Å². The van der Waals surface area contributed by atoms with Crippen molar-refractivity contribution in [1.82, 2.24) is 0 Å². The molecule has 22 heavy (non-hydrogen) atoms. The molecule has 0 unspecified atom stereocenters. The van der Waals surface area contributed by atoms with Crippen LogP contribution in [0, 0.1) is 5.41 Å². The number of esters is 1. The van der Waals surface area contributed by atoms with Crippen molar-refractivity contribution in [2.24, 2.45) is 5.41 Å². The molecule has 0 spiro atoms. The first-order valence-electron chi connectivity index (χ1n) is 7.04. The number of anilines is 1. The summed E-state index contributed by atoms with van der Waals surface area (Å²) in [6.45, 7) is 7.42. The summed E-state index contributed by atoms with van der Waals surface area (Å²) in [6, 6.07) is 4.80. The Bertz CT molecular complexity index is 534. The summed E-state index contributed by atoms with van der Waals surface area (Å²) in [7, 11) is 1.49. The van der Waals surface area contributed by atoms with Crippen molar-refractivity contribution in [3.05, 3.63) is 23.8 Å². The molecule has 0 fully saturated rings. The lowest BCUT2D eigenvalue weighted by Gasteiger charge is -2.18. The summed E-state index contributed by atoms with van der Waals surface area (Å²) in [4.78, 5) is 24.0. The van der Waals surface area contributed by atoms with Crippen LogP contribution >= 0.6 is 0 Å². The first kappa shape index (κ1) is 18.0. The molecule has 1 rings (SSSR count). The molecule has 0 aliphatic carbocycles. The maximum atomic E-state index is 12.0. The highest BCUT2D eigenvalue weighted by molar-refractivity contribution is 5.98. The fourth-order valence-corrected chi connectivity index (χ4v) is 1.54. The van der Waals surface area contributed by atoms with E-state index in [9.17, 15) is 9.59 Å². The van der Waals surface area contributed by atoms with Gasteiger partial charge >= 0.3 is 5.97 Å². The topological polar surface area (TPSA) is 73.9 Å². The Kier molecular flexibility index (Phi) is 6.37. The summed E-state index contributed by atoms with van der Waals surface area (Å²) in [5.74, 6) is -0.317. The van der Waals surface area contributed by atoms with Crippen molar-refractivity contribution >= 4 is 17.6 Å². The molecule has 122 valence electrons. The number of hydrogen-bond donors (Lipinski definition) is 1. The molecule has 0 aliphatic rings. The molecule has 6 nitrogen and oxygen atoms in total. The van der Waals surface area contributed by atoms with Gasteiger partial charge in [-0.05, 0) is 25.1 Å². The quantitative estimate of drug-likeness (QED) is 0.646. The molecule has 0 saturated heterocycles. The van der Waals surface area contributed by atoms with Gasteiger partial charge in [0.1, 0.15) is 11.3 Å². The largest absolute Gasteiger partial charge is 0.467 e. The molecule has 1 amide bonds. The zero-order chi connectivity index (χ0) is 16.8. The number of nitrogens with one attached hydrogen (secondary N) is 1. The summed E-state index contributed by atoms with van der Waals surface area (Å²) in [5.41, 5.74) is 0.216. The van der Waals surface area contributed by atoms with Crippen LogP contribution in [-0.4, -0.2) is 32.4 Å². The molecule has 0 heterocycles. The van der Waals surface area contributed by atoms with E-state index in [0.717, 1.165) is 0 Å². The van der Waals surface area contributed by atoms with Gasteiger partial charge in [0.2, 0.25) is 5.91 Å². The maximum absolute atomic E-state index is 12.0. The van der Waals surface area contributed by atoms with Crippen LogP contribution in [0.4, 0.5) is 5.69 Å². The number of amides is 1. The first-order valence-corrected chi connectivity index (χ1v) is 7.04. The number of rotatable bonds is 6. The lowest BCUT2D eigenvalue weighted by atomic mass is 9.95. The molecule has 1 aromatic carbocycles. The van der Waals surface area contributed by atoms with Gasteiger partial charge < -0.3 is 19.5 Å². The third kappa shape index (κ3) is 5.04. The van der Waals surface area contributed by atoms with Gasteiger partial charge in [0.05, 0.1) is 6.61 Å². The van der Waals surface area contributed by atoms with Crippen LogP contribution in [0.5, 0.6) is 5.75 Å². The van der Waals surface area contributed by atoms with Gasteiger partial charge in [0, 0.05) is 18.2 Å². The van der Waals surface area contributed by atoms with E-state index >= 15 is 0 Å². The molecule has 0 aliphatic heterocycles. The molecule has 1 N–H and O–H groups in total. The lowest BCUT2D eigenvalue weighted by Crippen LogP contribution is -2.27. The van der Waals surface area contributed by atoms with E-state index in [1.165, 1.54) is 13.2 Å². The van der Waals surface area contributed by atoms with Gasteiger partial charge in [-0.15, -0.1) is 0 Å². The average molecular weight is 309 g/mol. The number of carbonyl (C=O) groups excluding carboxylic acids is 2. The lowest BCUT2D eigenvalue weighted by molar-refractivity contribution is -0.123. The van der Waals surface area contributed by atoms with Crippen molar-refractivity contribution in [1.29, 1.82) is 0 Å². The zero-order valence-electron chi connectivity index (χ0n) is 13.7. The Hall–Kier alpha value is -2.08. The minimum atomic E-state index is -0.532. The van der Waals surface area contributed by atoms with Crippen molar-refractivity contribution in [2.45, 2.75) is 27.7 Å². The maximum Gasteiger partial charge on any atom is 0.341 e. The second-order valence-electron chi connectivity index (χ2n) is 5.69. The Labute approximate surface area is 130 Å². The standard InChI is InChI=1S/C16H23NO5/c1-6-21-14(18)12-9-11(17-15(19)16(2,3)4)7-8-13(12)22-10-20-5/h7-9H,6,10H2,1-5H3,(H,17,19). The summed E-state index contributed by atoms with van der Waals surface area (Å²) < 4.78 is 15.2. The third-order valence-corrected chi connectivity index (χ3v) is 2.75. The van der Waals surface area contributed by atoms with Crippen LogP contribution in [0.25, 0.3) is 0 Å². The number of methoxy groups -OCH3 is 1. The molecular weight excluding hydrogens is 286 g/mol. The molecule has 6 heteroatoms. The summed E-state index contributed by atoms with van der Waals surface area (Å²) >= 11 is 0.